The Hall–Kier alpha value is -18.7. The summed E-state index contributed by atoms with van der Waals surface area (Å²) < 4.78 is 9.81. The van der Waals surface area contributed by atoms with Crippen LogP contribution < -0.4 is 0 Å². The summed E-state index contributed by atoms with van der Waals surface area (Å²) in [6, 6.07) is 198. The second-order valence-corrected chi connectivity index (χ2v) is 37.1. The van der Waals surface area contributed by atoms with Crippen molar-refractivity contribution in [3.05, 3.63) is 546 Å². The summed E-state index contributed by atoms with van der Waals surface area (Å²) in [6.07, 6.45) is 0. The maximum Gasteiger partial charge on any atom is 0.0619 e. The number of fused-ring (bicyclic) bond motifs is 29. The number of benzene rings is 26. The molecule has 0 atom stereocenters. The van der Waals surface area contributed by atoms with Gasteiger partial charge in [-0.1, -0.05) is 467 Å². The third kappa shape index (κ3) is 13.9. The van der Waals surface area contributed by atoms with Gasteiger partial charge in [-0.15, -0.1) is 0 Å². The van der Waals surface area contributed by atoms with Crippen LogP contribution in [0.15, 0.2) is 546 Å². The Balaban J connectivity index is 0.0000000954. The number of aromatic nitrogens is 4. The molecule has 0 bridgehead atoms. The Morgan fingerprint density at radius 2 is 0.366 bits per heavy atom. The average Bonchev–Trinajstić information content (AvgIpc) is 1.56. The Bertz CT molecular complexity index is 10000. The number of rotatable bonds is 9. The predicted molar refractivity (Wildman–Crippen MR) is 608 cm³/mol. The van der Waals surface area contributed by atoms with Crippen LogP contribution in [-0.4, -0.2) is 18.3 Å². The van der Waals surface area contributed by atoms with Crippen LogP contribution in [0, 0.1) is 0 Å². The summed E-state index contributed by atoms with van der Waals surface area (Å²) >= 11 is 0. The third-order valence-corrected chi connectivity index (χ3v) is 29.3. The fourth-order valence-electron chi connectivity index (χ4n) is 23.0. The molecule has 26 aromatic carbocycles. The summed E-state index contributed by atoms with van der Waals surface area (Å²) in [6.45, 7) is 0. The van der Waals surface area contributed by atoms with Crippen molar-refractivity contribution >= 4 is 184 Å². The van der Waals surface area contributed by atoms with Crippen LogP contribution in [0.3, 0.4) is 0 Å². The Kier molecular flexibility index (Phi) is 20.3. The largest absolute Gasteiger partial charge is 0.309 e. The van der Waals surface area contributed by atoms with Crippen LogP contribution in [0.25, 0.3) is 263 Å². The van der Waals surface area contributed by atoms with Crippen molar-refractivity contribution < 1.29 is 0 Å². The van der Waals surface area contributed by atoms with E-state index in [1.165, 1.54) is 263 Å². The molecule has 0 unspecified atom stereocenters. The number of hydrogen-bond acceptors (Lipinski definition) is 0. The zero-order chi connectivity index (χ0) is 93.7. The van der Waals surface area contributed by atoms with Crippen molar-refractivity contribution in [1.29, 1.82) is 0 Å². The first kappa shape index (κ1) is 82.7. The van der Waals surface area contributed by atoms with E-state index in [2.05, 4.69) is 564 Å². The van der Waals surface area contributed by atoms with Crippen molar-refractivity contribution in [2.75, 3.05) is 0 Å². The molecule has 0 saturated heterocycles. The molecule has 0 spiro atoms. The summed E-state index contributed by atoms with van der Waals surface area (Å²) in [7, 11) is 0. The van der Waals surface area contributed by atoms with Crippen LogP contribution >= 0.6 is 0 Å². The van der Waals surface area contributed by atoms with E-state index in [-0.39, 0.29) is 0 Å². The normalized spacial score (nSPS) is 11.7. The molecule has 142 heavy (non-hydrogen) atoms. The van der Waals surface area contributed by atoms with Gasteiger partial charge in [-0.3, -0.25) is 0 Å². The zero-order valence-electron chi connectivity index (χ0n) is 77.8. The van der Waals surface area contributed by atoms with Crippen LogP contribution in [0.1, 0.15) is 0 Å². The second kappa shape index (κ2) is 34.8. The minimum Gasteiger partial charge on any atom is -0.309 e. The molecular weight excluding hydrogens is 1710 g/mol. The quantitative estimate of drug-likeness (QED) is 0.137. The highest BCUT2D eigenvalue weighted by molar-refractivity contribution is 6.32. The fraction of sp³-hybridized carbons (Fsp3) is 0. The minimum absolute atomic E-state index is 1.17. The van der Waals surface area contributed by atoms with Gasteiger partial charge in [-0.25, -0.2) is 0 Å². The monoisotopic (exact) mass is 1800 g/mol. The van der Waals surface area contributed by atoms with E-state index < -0.39 is 0 Å². The topological polar surface area (TPSA) is 19.7 Å². The lowest BCUT2D eigenvalue weighted by Gasteiger charge is -2.16. The van der Waals surface area contributed by atoms with Gasteiger partial charge in [-0.05, 0) is 210 Å². The Labute approximate surface area is 820 Å². The molecule has 0 fully saturated rings. The number of hydrogen-bond donors (Lipinski definition) is 0. The highest BCUT2D eigenvalue weighted by atomic mass is 15.0. The van der Waals surface area contributed by atoms with Gasteiger partial charge in [0.1, 0.15) is 0 Å². The molecule has 4 heterocycles. The van der Waals surface area contributed by atoms with Gasteiger partial charge in [-0.2, -0.15) is 0 Å². The maximum absolute atomic E-state index is 2.47. The average molecular weight is 1800 g/mol. The molecule has 0 aliphatic rings. The number of para-hydroxylation sites is 1. The SMILES string of the molecule is c1ccc(-c2ccc(-n3c4ccc5ccccc5c4c4c5ccccc5ccc43)c(-c3ccccc3)c2)cc1.c1ccc(-c2ccc(-n3c4ccc5ccccc5c4c4c5ccccc5ccc43)c3ccccc23)cc1.c1ccc(-c2ccccc2-c2ccc(-n3c4ccc5ccccc5c4c4ccc5ccccc5c43)cc2)cc1.c1ccc(-n2c3ccc4ccccc4c3c3ccc4ccccc4c32)cc1. The molecule has 662 valence electrons. The van der Waals surface area contributed by atoms with Crippen molar-refractivity contribution in [3.8, 4) is 78.4 Å². The molecule has 0 N–H and O–H groups in total. The fourth-order valence-corrected chi connectivity index (χ4v) is 23.0. The molecule has 30 aromatic rings. The van der Waals surface area contributed by atoms with E-state index in [1.807, 2.05) is 0 Å². The molecule has 4 nitrogen and oxygen atoms in total. The molecular formula is C138H90N4. The van der Waals surface area contributed by atoms with Crippen molar-refractivity contribution in [3.63, 3.8) is 0 Å². The molecule has 4 heteroatoms. The summed E-state index contributed by atoms with van der Waals surface area (Å²) in [5.74, 6) is 0. The van der Waals surface area contributed by atoms with Gasteiger partial charge in [0.2, 0.25) is 0 Å². The van der Waals surface area contributed by atoms with Crippen LogP contribution in [0.2, 0.25) is 0 Å². The first-order valence-corrected chi connectivity index (χ1v) is 49.0. The molecule has 0 saturated carbocycles. The Morgan fingerprint density at radius 3 is 0.754 bits per heavy atom. The van der Waals surface area contributed by atoms with E-state index >= 15 is 0 Å². The smallest absolute Gasteiger partial charge is 0.0619 e. The second-order valence-electron chi connectivity index (χ2n) is 37.1. The molecule has 30 rings (SSSR count). The van der Waals surface area contributed by atoms with Crippen LogP contribution in [0.4, 0.5) is 0 Å². The molecule has 0 aliphatic heterocycles. The standard InChI is InChI=1S/2C38H25N.C36H23N.C26H17N/c1-3-11-26(12-4-1)30-21-22-34(33(25-30)27-13-5-2-6-14-27)39-35-23-19-28-15-7-9-17-31(28)37(35)38-32-18-10-8-16-29(32)20-24-36(38)39;1-2-10-26(11-3-1)31-14-8-9-15-32(31)29-18-22-30(23-19-29)39-36-25-21-27-12-4-6-16-33(27)37(36)35-24-20-28-13-5-7-17-34(28)38(35)39;1-2-10-24(11-3-1)27-20-23-32(31-17-9-8-16-30(27)31)37-33-21-18-25-12-4-6-14-28(25)35(33)36-29-15-7-5-13-26(29)19-22-34(36)37;1-2-10-20(11-3-1)27-24-17-15-18-8-4-6-12-21(18)25(24)23-16-14-19-9-5-7-13-22(19)26(23)27/h2*1-25H;1-23H;1-17H. The molecule has 0 aliphatic carbocycles. The van der Waals surface area contributed by atoms with E-state index in [0.29, 0.717) is 0 Å². The first-order valence-electron chi connectivity index (χ1n) is 49.0. The van der Waals surface area contributed by atoms with Gasteiger partial charge < -0.3 is 18.3 Å². The lowest BCUT2D eigenvalue weighted by Crippen LogP contribution is -1.98. The molecule has 4 aromatic heterocycles. The summed E-state index contributed by atoms with van der Waals surface area (Å²) in [4.78, 5) is 0. The lowest BCUT2D eigenvalue weighted by molar-refractivity contribution is 1.18. The third-order valence-electron chi connectivity index (χ3n) is 29.3. The Morgan fingerprint density at radius 1 is 0.113 bits per heavy atom. The predicted octanol–water partition coefficient (Wildman–Crippen LogP) is 37.8. The van der Waals surface area contributed by atoms with E-state index in [9.17, 15) is 0 Å². The van der Waals surface area contributed by atoms with Gasteiger partial charge in [0.25, 0.3) is 0 Å². The van der Waals surface area contributed by atoms with Crippen molar-refractivity contribution in [2.24, 2.45) is 0 Å². The van der Waals surface area contributed by atoms with Gasteiger partial charge >= 0.3 is 0 Å². The van der Waals surface area contributed by atoms with Gasteiger partial charge in [0.05, 0.1) is 55.5 Å². The number of nitrogens with zero attached hydrogens (tertiary/aromatic N) is 4. The molecule has 0 amide bonds. The van der Waals surface area contributed by atoms with Crippen molar-refractivity contribution in [2.45, 2.75) is 0 Å². The summed E-state index contributed by atoms with van der Waals surface area (Å²) in [5, 5.41) is 33.5. The summed E-state index contributed by atoms with van der Waals surface area (Å²) in [5.41, 5.74) is 27.0. The van der Waals surface area contributed by atoms with Gasteiger partial charge in [0.15, 0.2) is 0 Å². The highest BCUT2D eigenvalue weighted by Gasteiger charge is 2.26. The van der Waals surface area contributed by atoms with Crippen molar-refractivity contribution in [1.82, 2.24) is 18.3 Å². The van der Waals surface area contributed by atoms with Crippen LogP contribution in [0.5, 0.6) is 0 Å². The zero-order valence-corrected chi connectivity index (χ0v) is 77.8. The van der Waals surface area contributed by atoms with Crippen LogP contribution in [-0.2, 0) is 0 Å². The molecule has 0 radical (unpaired) electrons. The highest BCUT2D eigenvalue weighted by Crippen LogP contribution is 2.49. The minimum atomic E-state index is 1.17. The maximum atomic E-state index is 2.47. The van der Waals surface area contributed by atoms with E-state index in [1.54, 1.807) is 0 Å². The first-order chi connectivity index (χ1) is 70.5. The van der Waals surface area contributed by atoms with E-state index in [4.69, 9.17) is 0 Å². The lowest BCUT2D eigenvalue weighted by atomic mass is 9.94. The van der Waals surface area contributed by atoms with E-state index in [0.717, 1.165) is 0 Å². The van der Waals surface area contributed by atoms with Gasteiger partial charge in [0, 0.05) is 76.2 Å².